The van der Waals surface area contributed by atoms with Gasteiger partial charge in [-0.25, -0.2) is 4.98 Å². The standard InChI is InChI=1S/C22H24ClN3O/c1-15(2)11-12-25-20-6-4-3-5-19(20)24-22(25)16-13-21(27)26(14-16)18-9-7-17(23)8-10-18/h3-10,15-16H,11-14H2,1-2H3/t16-/m1/s1. The van der Waals surface area contributed by atoms with Crippen LogP contribution in [0.5, 0.6) is 0 Å². The van der Waals surface area contributed by atoms with Gasteiger partial charge in [0.25, 0.3) is 0 Å². The van der Waals surface area contributed by atoms with Crippen LogP contribution >= 0.6 is 11.6 Å². The molecular formula is C22H24ClN3O. The molecule has 0 bridgehead atoms. The topological polar surface area (TPSA) is 38.1 Å². The third-order valence-electron chi connectivity index (χ3n) is 5.24. The van der Waals surface area contributed by atoms with Crippen LogP contribution in [0.15, 0.2) is 48.5 Å². The van der Waals surface area contributed by atoms with E-state index in [0.717, 1.165) is 35.5 Å². The summed E-state index contributed by atoms with van der Waals surface area (Å²) < 4.78 is 2.32. The summed E-state index contributed by atoms with van der Waals surface area (Å²) >= 11 is 5.99. The van der Waals surface area contributed by atoms with Crippen LogP contribution < -0.4 is 4.90 Å². The van der Waals surface area contributed by atoms with Crippen molar-refractivity contribution in [2.45, 2.75) is 39.2 Å². The summed E-state index contributed by atoms with van der Waals surface area (Å²) in [6, 6.07) is 15.7. The maximum absolute atomic E-state index is 12.7. The number of fused-ring (bicyclic) bond motifs is 1. The molecule has 1 aliphatic heterocycles. The first kappa shape index (κ1) is 18.1. The molecule has 0 radical (unpaired) electrons. The molecule has 3 aromatic rings. The van der Waals surface area contributed by atoms with Crippen molar-refractivity contribution < 1.29 is 4.79 Å². The van der Waals surface area contributed by atoms with Crippen molar-refractivity contribution in [2.24, 2.45) is 5.92 Å². The Bertz CT molecular complexity index is 961. The molecule has 2 heterocycles. The Morgan fingerprint density at radius 2 is 1.89 bits per heavy atom. The number of hydrogen-bond donors (Lipinski definition) is 0. The van der Waals surface area contributed by atoms with Gasteiger partial charge in [-0.15, -0.1) is 0 Å². The average molecular weight is 382 g/mol. The fourth-order valence-electron chi connectivity index (χ4n) is 3.78. The van der Waals surface area contributed by atoms with E-state index in [1.54, 1.807) is 0 Å². The number of aromatic nitrogens is 2. The third kappa shape index (κ3) is 3.59. The van der Waals surface area contributed by atoms with E-state index in [0.29, 0.717) is 23.9 Å². The van der Waals surface area contributed by atoms with Gasteiger partial charge in [0.1, 0.15) is 5.82 Å². The molecule has 1 aromatic heterocycles. The molecule has 1 saturated heterocycles. The van der Waals surface area contributed by atoms with E-state index in [1.807, 2.05) is 35.2 Å². The Hall–Kier alpha value is -2.33. The number of amides is 1. The zero-order chi connectivity index (χ0) is 19.0. The van der Waals surface area contributed by atoms with E-state index in [9.17, 15) is 4.79 Å². The highest BCUT2D eigenvalue weighted by Crippen LogP contribution is 2.33. The second-order valence-electron chi connectivity index (χ2n) is 7.67. The Balaban J connectivity index is 1.66. The molecule has 4 rings (SSSR count). The SMILES string of the molecule is CC(C)CCn1c([C@@H]2CC(=O)N(c3ccc(Cl)cc3)C2)nc2ccccc21. The largest absolute Gasteiger partial charge is 0.328 e. The third-order valence-corrected chi connectivity index (χ3v) is 5.49. The van der Waals surface area contributed by atoms with Crippen molar-refractivity contribution in [1.82, 2.24) is 9.55 Å². The second kappa shape index (κ2) is 7.35. The highest BCUT2D eigenvalue weighted by Gasteiger charge is 2.34. The Morgan fingerprint density at radius 1 is 1.15 bits per heavy atom. The number of nitrogens with zero attached hydrogens (tertiary/aromatic N) is 3. The van der Waals surface area contributed by atoms with Crippen molar-refractivity contribution >= 4 is 34.2 Å². The summed E-state index contributed by atoms with van der Waals surface area (Å²) in [5, 5.41) is 0.678. The number of benzene rings is 2. The number of para-hydroxylation sites is 2. The number of carbonyl (C=O) groups is 1. The van der Waals surface area contributed by atoms with Gasteiger partial charge in [0.05, 0.1) is 11.0 Å². The van der Waals surface area contributed by atoms with Crippen molar-refractivity contribution in [3.05, 3.63) is 59.4 Å². The van der Waals surface area contributed by atoms with Crippen molar-refractivity contribution in [3.8, 4) is 0 Å². The molecule has 0 spiro atoms. The van der Waals surface area contributed by atoms with Gasteiger partial charge >= 0.3 is 0 Å². The van der Waals surface area contributed by atoms with Crippen molar-refractivity contribution in [3.63, 3.8) is 0 Å². The Morgan fingerprint density at radius 3 is 2.63 bits per heavy atom. The molecule has 2 aromatic carbocycles. The van der Waals surface area contributed by atoms with Gasteiger partial charge in [-0.2, -0.15) is 0 Å². The zero-order valence-electron chi connectivity index (χ0n) is 15.7. The predicted octanol–water partition coefficient (Wildman–Crippen LogP) is 5.26. The second-order valence-corrected chi connectivity index (χ2v) is 8.11. The summed E-state index contributed by atoms with van der Waals surface area (Å²) in [6.07, 6.45) is 1.59. The fourth-order valence-corrected chi connectivity index (χ4v) is 3.91. The van der Waals surface area contributed by atoms with E-state index < -0.39 is 0 Å². The minimum Gasteiger partial charge on any atom is -0.328 e. The summed E-state index contributed by atoms with van der Waals surface area (Å²) in [7, 11) is 0. The van der Waals surface area contributed by atoms with Gasteiger partial charge in [-0.3, -0.25) is 4.79 Å². The van der Waals surface area contributed by atoms with Gasteiger partial charge in [0, 0.05) is 36.1 Å². The maximum atomic E-state index is 12.7. The van der Waals surface area contributed by atoms with Gasteiger partial charge in [0.2, 0.25) is 5.91 Å². The number of carbonyl (C=O) groups excluding carboxylic acids is 1. The smallest absolute Gasteiger partial charge is 0.227 e. The van der Waals surface area contributed by atoms with Gasteiger partial charge in [-0.05, 0) is 48.7 Å². The van der Waals surface area contributed by atoms with Crippen LogP contribution in [0.4, 0.5) is 5.69 Å². The molecule has 0 N–H and O–H groups in total. The minimum atomic E-state index is 0.104. The van der Waals surface area contributed by atoms with Crippen LogP contribution in [-0.2, 0) is 11.3 Å². The lowest BCUT2D eigenvalue weighted by Crippen LogP contribution is -2.24. The first-order chi connectivity index (χ1) is 13.0. The molecule has 1 atom stereocenters. The average Bonchev–Trinajstić information content (AvgIpc) is 3.21. The van der Waals surface area contributed by atoms with Crippen molar-refractivity contribution in [1.29, 1.82) is 0 Å². The van der Waals surface area contributed by atoms with Crippen LogP contribution in [0.25, 0.3) is 11.0 Å². The molecule has 1 amide bonds. The van der Waals surface area contributed by atoms with Gasteiger partial charge in [0.15, 0.2) is 0 Å². The zero-order valence-corrected chi connectivity index (χ0v) is 16.5. The van der Waals surface area contributed by atoms with Crippen LogP contribution in [-0.4, -0.2) is 22.0 Å². The van der Waals surface area contributed by atoms with Crippen LogP contribution in [0.1, 0.15) is 38.4 Å². The quantitative estimate of drug-likeness (QED) is 0.604. The van der Waals surface area contributed by atoms with Crippen LogP contribution in [0, 0.1) is 5.92 Å². The summed E-state index contributed by atoms with van der Waals surface area (Å²) in [5.74, 6) is 1.90. The highest BCUT2D eigenvalue weighted by atomic mass is 35.5. The van der Waals surface area contributed by atoms with Gasteiger partial charge < -0.3 is 9.47 Å². The molecule has 1 aliphatic rings. The number of hydrogen-bond acceptors (Lipinski definition) is 2. The first-order valence-electron chi connectivity index (χ1n) is 9.54. The maximum Gasteiger partial charge on any atom is 0.227 e. The van der Waals surface area contributed by atoms with Crippen molar-refractivity contribution in [2.75, 3.05) is 11.4 Å². The number of imidazole rings is 1. The van der Waals surface area contributed by atoms with E-state index in [1.165, 1.54) is 0 Å². The highest BCUT2D eigenvalue weighted by molar-refractivity contribution is 6.30. The minimum absolute atomic E-state index is 0.104. The summed E-state index contributed by atoms with van der Waals surface area (Å²) in [5.41, 5.74) is 3.07. The number of rotatable bonds is 5. The number of halogens is 1. The molecule has 5 heteroatoms. The molecule has 0 saturated carbocycles. The molecule has 27 heavy (non-hydrogen) atoms. The number of anilines is 1. The van der Waals surface area contributed by atoms with Crippen LogP contribution in [0.3, 0.4) is 0 Å². The van der Waals surface area contributed by atoms with E-state index in [-0.39, 0.29) is 11.8 Å². The monoisotopic (exact) mass is 381 g/mol. The molecule has 4 nitrogen and oxygen atoms in total. The normalized spacial score (nSPS) is 17.4. The first-order valence-corrected chi connectivity index (χ1v) is 9.92. The molecule has 1 fully saturated rings. The lowest BCUT2D eigenvalue weighted by Gasteiger charge is -2.18. The van der Waals surface area contributed by atoms with E-state index in [2.05, 4.69) is 36.6 Å². The van der Waals surface area contributed by atoms with Crippen LogP contribution in [0.2, 0.25) is 5.02 Å². The lowest BCUT2D eigenvalue weighted by molar-refractivity contribution is -0.117. The van der Waals surface area contributed by atoms with E-state index in [4.69, 9.17) is 16.6 Å². The molecule has 0 aliphatic carbocycles. The summed E-state index contributed by atoms with van der Waals surface area (Å²) in [4.78, 5) is 19.5. The molecule has 0 unspecified atom stereocenters. The molecular weight excluding hydrogens is 358 g/mol. The van der Waals surface area contributed by atoms with Gasteiger partial charge in [-0.1, -0.05) is 37.6 Å². The number of aryl methyl sites for hydroxylation is 1. The summed E-state index contributed by atoms with van der Waals surface area (Å²) in [6.45, 7) is 6.06. The predicted molar refractivity (Wildman–Crippen MR) is 110 cm³/mol. The Kier molecular flexibility index (Phi) is 4.92. The van der Waals surface area contributed by atoms with E-state index >= 15 is 0 Å². The molecule has 140 valence electrons. The Labute approximate surface area is 164 Å². The fraction of sp³-hybridized carbons (Fsp3) is 0.364. The lowest BCUT2D eigenvalue weighted by atomic mass is 10.1.